The SMILES string of the molecule is CS(=O)(=O)CCNCc1ncc(N2C=CC3=CNC=C(Nc4ccc(Oc5ccccc5)cc4)C3=C2)s1. The Morgan fingerprint density at radius 3 is 2.62 bits per heavy atom. The number of fused-ring (bicyclic) bond motifs is 1. The maximum Gasteiger partial charge on any atom is 0.148 e. The molecule has 0 saturated carbocycles. The highest BCUT2D eigenvalue weighted by Crippen LogP contribution is 2.33. The van der Waals surface area contributed by atoms with Crippen molar-refractivity contribution in [1.82, 2.24) is 15.6 Å². The van der Waals surface area contributed by atoms with Crippen molar-refractivity contribution >= 4 is 31.9 Å². The molecular weight excluding hydrogens is 506 g/mol. The van der Waals surface area contributed by atoms with Crippen LogP contribution in [0.2, 0.25) is 0 Å². The number of para-hydroxylation sites is 1. The molecule has 1 aromatic heterocycles. The number of thiazole rings is 1. The summed E-state index contributed by atoms with van der Waals surface area (Å²) in [4.78, 5) is 6.53. The van der Waals surface area contributed by atoms with Crippen LogP contribution < -0.4 is 25.6 Å². The minimum atomic E-state index is -2.98. The van der Waals surface area contributed by atoms with Crippen LogP contribution in [0, 0.1) is 0 Å². The second-order valence-corrected chi connectivity index (χ2v) is 11.9. The number of rotatable bonds is 10. The summed E-state index contributed by atoms with van der Waals surface area (Å²) in [5.41, 5.74) is 4.00. The predicted molar refractivity (Wildman–Crippen MR) is 149 cm³/mol. The van der Waals surface area contributed by atoms with Crippen molar-refractivity contribution in [2.45, 2.75) is 6.54 Å². The number of sulfone groups is 1. The van der Waals surface area contributed by atoms with Crippen LogP contribution in [0.1, 0.15) is 5.01 Å². The van der Waals surface area contributed by atoms with Gasteiger partial charge >= 0.3 is 0 Å². The van der Waals surface area contributed by atoms with Crippen LogP contribution in [0.4, 0.5) is 10.7 Å². The highest BCUT2D eigenvalue weighted by molar-refractivity contribution is 7.90. The third kappa shape index (κ3) is 6.67. The molecule has 3 aromatic rings. The van der Waals surface area contributed by atoms with Crippen molar-refractivity contribution < 1.29 is 13.2 Å². The number of benzene rings is 2. The van der Waals surface area contributed by atoms with Gasteiger partial charge in [0.05, 0.1) is 17.6 Å². The molecule has 37 heavy (non-hydrogen) atoms. The third-order valence-electron chi connectivity index (χ3n) is 5.58. The number of allylic oxidation sites excluding steroid dienone is 2. The summed E-state index contributed by atoms with van der Waals surface area (Å²) in [6, 6.07) is 17.5. The van der Waals surface area contributed by atoms with E-state index in [1.54, 1.807) is 11.3 Å². The maximum atomic E-state index is 11.3. The summed E-state index contributed by atoms with van der Waals surface area (Å²) < 4.78 is 28.5. The molecule has 2 aliphatic heterocycles. The van der Waals surface area contributed by atoms with E-state index in [9.17, 15) is 8.42 Å². The minimum absolute atomic E-state index is 0.111. The van der Waals surface area contributed by atoms with Gasteiger partial charge in [0.2, 0.25) is 0 Å². The fraction of sp³-hybridized carbons (Fsp3) is 0.148. The Kier molecular flexibility index (Phi) is 7.40. The topological polar surface area (TPSA) is 95.6 Å². The lowest BCUT2D eigenvalue weighted by Gasteiger charge is -2.26. The molecule has 0 fully saturated rings. The van der Waals surface area contributed by atoms with E-state index in [2.05, 4.69) is 33.2 Å². The second-order valence-electron chi connectivity index (χ2n) is 8.55. The van der Waals surface area contributed by atoms with E-state index in [0.29, 0.717) is 13.1 Å². The molecule has 0 amide bonds. The average molecular weight is 534 g/mol. The van der Waals surface area contributed by atoms with Crippen molar-refractivity contribution in [3.8, 4) is 11.5 Å². The van der Waals surface area contributed by atoms with Gasteiger partial charge in [0, 0.05) is 61.0 Å². The molecule has 0 spiro atoms. The molecule has 3 N–H and O–H groups in total. The summed E-state index contributed by atoms with van der Waals surface area (Å²) in [6.07, 6.45) is 13.1. The van der Waals surface area contributed by atoms with Crippen LogP contribution in [0.15, 0.2) is 109 Å². The summed E-state index contributed by atoms with van der Waals surface area (Å²) in [6.45, 7) is 0.932. The number of dihydropyridines is 1. The molecule has 0 atom stereocenters. The fourth-order valence-electron chi connectivity index (χ4n) is 3.73. The van der Waals surface area contributed by atoms with Gasteiger partial charge in [-0.3, -0.25) is 0 Å². The molecule has 3 heterocycles. The number of nitrogens with one attached hydrogen (secondary N) is 3. The molecule has 2 aromatic carbocycles. The van der Waals surface area contributed by atoms with Crippen LogP contribution in [-0.2, 0) is 16.4 Å². The predicted octanol–water partition coefficient (Wildman–Crippen LogP) is 4.73. The first-order chi connectivity index (χ1) is 17.9. The zero-order valence-electron chi connectivity index (χ0n) is 20.2. The summed E-state index contributed by atoms with van der Waals surface area (Å²) in [5.74, 6) is 1.68. The normalized spacial score (nSPS) is 14.7. The Labute approximate surface area is 220 Å². The molecule has 0 radical (unpaired) electrons. The van der Waals surface area contributed by atoms with Crippen molar-refractivity contribution in [3.63, 3.8) is 0 Å². The van der Waals surface area contributed by atoms with E-state index in [1.807, 2.05) is 84.3 Å². The Morgan fingerprint density at radius 1 is 1.05 bits per heavy atom. The molecule has 10 heteroatoms. The van der Waals surface area contributed by atoms with Crippen molar-refractivity contribution in [2.24, 2.45) is 0 Å². The molecular formula is C27H27N5O3S2. The summed E-state index contributed by atoms with van der Waals surface area (Å²) in [7, 11) is -2.98. The Balaban J connectivity index is 1.23. The standard InChI is InChI=1S/C27H27N5O3S2/c1-37(33,34)14-12-28-17-26-30-18-27(36-26)32-13-11-20-15-29-16-25(24(20)19-32)31-21-7-9-23(10-8-21)35-22-5-3-2-4-6-22/h2-11,13,15-16,18-19,28-29,31H,12,14,17H2,1H3. The largest absolute Gasteiger partial charge is 0.457 e. The zero-order valence-corrected chi connectivity index (χ0v) is 21.9. The lowest BCUT2D eigenvalue weighted by Crippen LogP contribution is -2.21. The van der Waals surface area contributed by atoms with Gasteiger partial charge in [0.1, 0.15) is 31.3 Å². The van der Waals surface area contributed by atoms with Crippen LogP contribution in [0.3, 0.4) is 0 Å². The number of ether oxygens (including phenoxy) is 1. The van der Waals surface area contributed by atoms with Crippen LogP contribution in [0.5, 0.6) is 11.5 Å². The second kappa shape index (κ2) is 11.0. The van der Waals surface area contributed by atoms with E-state index in [4.69, 9.17) is 4.74 Å². The van der Waals surface area contributed by atoms with Crippen LogP contribution >= 0.6 is 11.3 Å². The first kappa shape index (κ1) is 24.8. The lowest BCUT2D eigenvalue weighted by molar-refractivity contribution is 0.483. The van der Waals surface area contributed by atoms with Gasteiger partial charge in [-0.25, -0.2) is 13.4 Å². The van der Waals surface area contributed by atoms with E-state index < -0.39 is 9.84 Å². The highest BCUT2D eigenvalue weighted by Gasteiger charge is 2.19. The molecule has 2 aliphatic rings. The minimum Gasteiger partial charge on any atom is -0.457 e. The highest BCUT2D eigenvalue weighted by atomic mass is 32.2. The Hall–Kier alpha value is -3.86. The molecule has 0 bridgehead atoms. The van der Waals surface area contributed by atoms with Gasteiger partial charge in [-0.05, 0) is 42.5 Å². The summed E-state index contributed by atoms with van der Waals surface area (Å²) >= 11 is 1.56. The van der Waals surface area contributed by atoms with Crippen LogP contribution in [0.25, 0.3) is 0 Å². The molecule has 5 rings (SSSR count). The van der Waals surface area contributed by atoms with E-state index >= 15 is 0 Å². The number of nitrogens with zero attached hydrogens (tertiary/aromatic N) is 2. The van der Waals surface area contributed by atoms with E-state index in [-0.39, 0.29) is 5.75 Å². The molecule has 0 aliphatic carbocycles. The molecule has 0 unspecified atom stereocenters. The Morgan fingerprint density at radius 2 is 1.84 bits per heavy atom. The van der Waals surface area contributed by atoms with E-state index in [0.717, 1.165) is 44.0 Å². The first-order valence-corrected chi connectivity index (χ1v) is 14.6. The Bertz CT molecular complexity index is 1470. The van der Waals surface area contributed by atoms with Crippen molar-refractivity contribution in [2.75, 3.05) is 28.8 Å². The first-order valence-electron chi connectivity index (χ1n) is 11.7. The molecule has 0 saturated heterocycles. The quantitative estimate of drug-likeness (QED) is 0.322. The van der Waals surface area contributed by atoms with Gasteiger partial charge in [-0.15, -0.1) is 0 Å². The monoisotopic (exact) mass is 533 g/mol. The van der Waals surface area contributed by atoms with Gasteiger partial charge in [-0.1, -0.05) is 29.5 Å². The molecule has 8 nitrogen and oxygen atoms in total. The molecule has 190 valence electrons. The average Bonchev–Trinajstić information content (AvgIpc) is 3.37. The van der Waals surface area contributed by atoms with E-state index in [1.165, 1.54) is 6.26 Å². The number of aromatic nitrogens is 1. The zero-order chi connectivity index (χ0) is 25.7. The number of hydrogen-bond donors (Lipinski definition) is 3. The smallest absolute Gasteiger partial charge is 0.148 e. The lowest BCUT2D eigenvalue weighted by atomic mass is 10.0. The van der Waals surface area contributed by atoms with Gasteiger partial charge < -0.3 is 25.6 Å². The number of anilines is 2. The number of hydrogen-bond acceptors (Lipinski definition) is 9. The van der Waals surface area contributed by atoms with Gasteiger partial charge in [-0.2, -0.15) is 0 Å². The summed E-state index contributed by atoms with van der Waals surface area (Å²) in [5, 5.41) is 11.7. The van der Waals surface area contributed by atoms with Crippen molar-refractivity contribution in [1.29, 1.82) is 0 Å². The van der Waals surface area contributed by atoms with Crippen molar-refractivity contribution in [3.05, 3.63) is 114 Å². The van der Waals surface area contributed by atoms with Gasteiger partial charge in [0.25, 0.3) is 0 Å². The van der Waals surface area contributed by atoms with Crippen LogP contribution in [-0.4, -0.2) is 32.0 Å². The third-order valence-corrected chi connectivity index (χ3v) is 7.54. The fourth-order valence-corrected chi connectivity index (χ4v) is 5.09. The van der Waals surface area contributed by atoms with Gasteiger partial charge in [0.15, 0.2) is 0 Å². The maximum absolute atomic E-state index is 11.3.